The van der Waals surface area contributed by atoms with E-state index < -0.39 is 18.4 Å². The summed E-state index contributed by atoms with van der Waals surface area (Å²) in [5.41, 5.74) is 5.56. The summed E-state index contributed by atoms with van der Waals surface area (Å²) < 4.78 is 55.4. The normalized spacial score (nSPS) is 13.9. The maximum atomic E-state index is 13.1. The monoisotopic (exact) mass is 251 g/mol. The highest BCUT2D eigenvalue weighted by atomic mass is 19.3. The first kappa shape index (κ1) is 13.8. The van der Waals surface area contributed by atoms with Gasteiger partial charge in [-0.25, -0.2) is 8.78 Å². The van der Waals surface area contributed by atoms with Crippen LogP contribution in [0.1, 0.15) is 17.2 Å². The number of methoxy groups -OCH3 is 1. The molecule has 1 aromatic carbocycles. The fourth-order valence-corrected chi connectivity index (χ4v) is 1.47. The Labute approximate surface area is 96.4 Å². The van der Waals surface area contributed by atoms with E-state index in [1.165, 1.54) is 32.2 Å². The Morgan fingerprint density at radius 3 is 2.29 bits per heavy atom. The zero-order chi connectivity index (χ0) is 13.2. The van der Waals surface area contributed by atoms with E-state index in [9.17, 15) is 17.6 Å². The summed E-state index contributed by atoms with van der Waals surface area (Å²) in [5.74, 6) is -3.79. The van der Waals surface area contributed by atoms with Crippen molar-refractivity contribution in [1.82, 2.24) is 0 Å². The molecule has 1 unspecified atom stereocenters. The lowest BCUT2D eigenvalue weighted by atomic mass is 9.97. The maximum Gasteiger partial charge on any atom is 0.326 e. The second-order valence-electron chi connectivity index (χ2n) is 3.68. The molecular weight excluding hydrogens is 238 g/mol. The van der Waals surface area contributed by atoms with Gasteiger partial charge in [-0.2, -0.15) is 8.78 Å². The molecule has 96 valence electrons. The minimum atomic E-state index is -4.25. The van der Waals surface area contributed by atoms with Gasteiger partial charge in [0.25, 0.3) is 0 Å². The van der Waals surface area contributed by atoms with Gasteiger partial charge in [0.1, 0.15) is 11.8 Å². The van der Waals surface area contributed by atoms with Gasteiger partial charge in [0.15, 0.2) is 0 Å². The Morgan fingerprint density at radius 1 is 1.29 bits per heavy atom. The Kier molecular flexibility index (Phi) is 3.98. The molecule has 0 aliphatic carbocycles. The second-order valence-corrected chi connectivity index (χ2v) is 3.68. The van der Waals surface area contributed by atoms with Gasteiger partial charge in [0.2, 0.25) is 0 Å². The van der Waals surface area contributed by atoms with E-state index >= 15 is 0 Å². The van der Waals surface area contributed by atoms with Crippen LogP contribution in [0.5, 0.6) is 5.75 Å². The molecule has 0 heterocycles. The van der Waals surface area contributed by atoms with Gasteiger partial charge >= 0.3 is 12.3 Å². The molecule has 0 spiro atoms. The number of alkyl halides is 4. The van der Waals surface area contributed by atoms with Gasteiger partial charge in [0, 0.05) is 0 Å². The Balaban J connectivity index is 3.08. The van der Waals surface area contributed by atoms with Crippen molar-refractivity contribution in [3.8, 4) is 5.75 Å². The minimum Gasteiger partial charge on any atom is -0.497 e. The van der Waals surface area contributed by atoms with Crippen LogP contribution >= 0.6 is 0 Å². The molecule has 0 amide bonds. The lowest BCUT2D eigenvalue weighted by Gasteiger charge is -2.24. The topological polar surface area (TPSA) is 35.2 Å². The van der Waals surface area contributed by atoms with Gasteiger partial charge in [0.05, 0.1) is 7.11 Å². The standard InChI is InChI=1S/C11H13F4NO/c1-6-5-7(17-2)3-4-8(6)9(16)11(14,15)10(12)13/h3-5,9-10H,16H2,1-2H3. The van der Waals surface area contributed by atoms with Gasteiger partial charge in [-0.05, 0) is 30.2 Å². The smallest absolute Gasteiger partial charge is 0.326 e. The molecule has 0 fully saturated rings. The lowest BCUT2D eigenvalue weighted by molar-refractivity contribution is -0.144. The molecule has 0 aliphatic rings. The first-order valence-corrected chi connectivity index (χ1v) is 4.86. The summed E-state index contributed by atoms with van der Waals surface area (Å²) in [5, 5.41) is 0. The molecule has 0 radical (unpaired) electrons. The zero-order valence-corrected chi connectivity index (χ0v) is 9.38. The van der Waals surface area contributed by atoms with Crippen molar-refractivity contribution in [2.75, 3.05) is 7.11 Å². The van der Waals surface area contributed by atoms with Crippen molar-refractivity contribution in [2.24, 2.45) is 5.73 Å². The molecule has 0 aliphatic heterocycles. The van der Waals surface area contributed by atoms with Crippen molar-refractivity contribution in [1.29, 1.82) is 0 Å². The molecule has 2 N–H and O–H groups in total. The third-order valence-corrected chi connectivity index (χ3v) is 2.52. The van der Waals surface area contributed by atoms with Crippen molar-refractivity contribution < 1.29 is 22.3 Å². The molecule has 0 saturated carbocycles. The highest BCUT2D eigenvalue weighted by molar-refractivity contribution is 5.37. The average molecular weight is 251 g/mol. The average Bonchev–Trinajstić information content (AvgIpc) is 2.27. The van der Waals surface area contributed by atoms with Crippen LogP contribution in [-0.2, 0) is 0 Å². The molecule has 0 bridgehead atoms. The Morgan fingerprint density at radius 2 is 1.88 bits per heavy atom. The molecule has 0 aromatic heterocycles. The predicted octanol–water partition coefficient (Wildman–Crippen LogP) is 2.90. The molecule has 1 aromatic rings. The number of hydrogen-bond acceptors (Lipinski definition) is 2. The first-order valence-electron chi connectivity index (χ1n) is 4.86. The van der Waals surface area contributed by atoms with Crippen LogP contribution in [0.2, 0.25) is 0 Å². The third-order valence-electron chi connectivity index (χ3n) is 2.52. The van der Waals surface area contributed by atoms with E-state index in [0.717, 1.165) is 0 Å². The number of halogens is 4. The van der Waals surface area contributed by atoms with Crippen molar-refractivity contribution >= 4 is 0 Å². The third kappa shape index (κ3) is 2.69. The van der Waals surface area contributed by atoms with Crippen molar-refractivity contribution in [2.45, 2.75) is 25.3 Å². The first-order chi connectivity index (χ1) is 7.80. The van der Waals surface area contributed by atoms with Crippen LogP contribution in [0, 0.1) is 6.92 Å². The van der Waals surface area contributed by atoms with E-state index in [2.05, 4.69) is 0 Å². The quantitative estimate of drug-likeness (QED) is 0.835. The molecule has 6 heteroatoms. The SMILES string of the molecule is COc1ccc(C(N)C(F)(F)C(F)F)c(C)c1. The number of hydrogen-bond donors (Lipinski definition) is 1. The van der Waals surface area contributed by atoms with E-state index in [4.69, 9.17) is 10.5 Å². The van der Waals surface area contributed by atoms with E-state index in [-0.39, 0.29) is 5.56 Å². The van der Waals surface area contributed by atoms with E-state index in [0.29, 0.717) is 11.3 Å². The number of rotatable bonds is 4. The van der Waals surface area contributed by atoms with Crippen LogP contribution in [-0.4, -0.2) is 19.5 Å². The largest absolute Gasteiger partial charge is 0.497 e. The molecule has 1 rings (SSSR count). The fourth-order valence-electron chi connectivity index (χ4n) is 1.47. The van der Waals surface area contributed by atoms with Crippen LogP contribution < -0.4 is 10.5 Å². The van der Waals surface area contributed by atoms with Crippen LogP contribution in [0.25, 0.3) is 0 Å². The second kappa shape index (κ2) is 4.91. The summed E-state index contributed by atoms with van der Waals surface area (Å²) in [4.78, 5) is 0. The molecule has 17 heavy (non-hydrogen) atoms. The van der Waals surface area contributed by atoms with Crippen LogP contribution in [0.15, 0.2) is 18.2 Å². The van der Waals surface area contributed by atoms with E-state index in [1.807, 2.05) is 0 Å². The highest BCUT2D eigenvalue weighted by Gasteiger charge is 2.47. The maximum absolute atomic E-state index is 13.1. The van der Waals surface area contributed by atoms with Gasteiger partial charge < -0.3 is 10.5 Å². The summed E-state index contributed by atoms with van der Waals surface area (Å²) in [7, 11) is 1.42. The summed E-state index contributed by atoms with van der Waals surface area (Å²) in [6.45, 7) is 1.51. The van der Waals surface area contributed by atoms with Gasteiger partial charge in [-0.15, -0.1) is 0 Å². The predicted molar refractivity (Wildman–Crippen MR) is 55.6 cm³/mol. The van der Waals surface area contributed by atoms with Crippen molar-refractivity contribution in [3.63, 3.8) is 0 Å². The molecule has 1 atom stereocenters. The van der Waals surface area contributed by atoms with Crippen LogP contribution in [0.4, 0.5) is 17.6 Å². The van der Waals surface area contributed by atoms with Crippen LogP contribution in [0.3, 0.4) is 0 Å². The summed E-state index contributed by atoms with van der Waals surface area (Å²) in [6, 6.07) is 2.11. The number of nitrogens with two attached hydrogens (primary N) is 1. The minimum absolute atomic E-state index is 0.0175. The lowest BCUT2D eigenvalue weighted by Crippen LogP contribution is -2.39. The summed E-state index contributed by atoms with van der Waals surface area (Å²) in [6.07, 6.45) is -3.79. The number of benzene rings is 1. The van der Waals surface area contributed by atoms with Crippen molar-refractivity contribution in [3.05, 3.63) is 29.3 Å². The molecule has 0 saturated heterocycles. The fraction of sp³-hybridized carbons (Fsp3) is 0.455. The molecular formula is C11H13F4NO. The van der Waals surface area contributed by atoms with E-state index in [1.54, 1.807) is 0 Å². The Hall–Kier alpha value is -1.30. The molecule has 2 nitrogen and oxygen atoms in total. The highest BCUT2D eigenvalue weighted by Crippen LogP contribution is 2.36. The zero-order valence-electron chi connectivity index (χ0n) is 9.38. The van der Waals surface area contributed by atoms with Gasteiger partial charge in [-0.3, -0.25) is 0 Å². The number of ether oxygens (including phenoxy) is 1. The Bertz CT molecular complexity index is 395. The number of aryl methyl sites for hydroxylation is 1. The summed E-state index contributed by atoms with van der Waals surface area (Å²) >= 11 is 0. The van der Waals surface area contributed by atoms with Gasteiger partial charge in [-0.1, -0.05) is 6.07 Å².